The average Bonchev–Trinajstić information content (AvgIpc) is 2.78. The second-order valence-electron chi connectivity index (χ2n) is 5.57. The minimum absolute atomic E-state index is 0.0946. The lowest BCUT2D eigenvalue weighted by Gasteiger charge is -2.25. The number of benzene rings is 1. The number of para-hydroxylation sites is 1. The van der Waals surface area contributed by atoms with Gasteiger partial charge in [-0.25, -0.2) is 0 Å². The van der Waals surface area contributed by atoms with Crippen molar-refractivity contribution < 1.29 is 4.79 Å². The van der Waals surface area contributed by atoms with E-state index in [4.69, 9.17) is 0 Å². The molecule has 0 bridgehead atoms. The first-order valence-electron chi connectivity index (χ1n) is 7.22. The number of anilines is 1. The molecule has 1 aromatic heterocycles. The Labute approximate surface area is 124 Å². The van der Waals surface area contributed by atoms with E-state index in [0.29, 0.717) is 6.42 Å². The van der Waals surface area contributed by atoms with Gasteiger partial charge in [0.05, 0.1) is 11.9 Å². The van der Waals surface area contributed by atoms with Crippen LogP contribution >= 0.6 is 0 Å². The maximum Gasteiger partial charge on any atom is 0.225 e. The Kier molecular flexibility index (Phi) is 3.75. The second kappa shape index (κ2) is 5.69. The molecule has 0 aliphatic carbocycles. The fourth-order valence-corrected chi connectivity index (χ4v) is 2.88. The minimum atomic E-state index is 0.0946. The molecule has 110 valence electrons. The van der Waals surface area contributed by atoms with E-state index in [1.807, 2.05) is 36.1 Å². The van der Waals surface area contributed by atoms with Crippen molar-refractivity contribution in [1.82, 2.24) is 15.1 Å². The van der Waals surface area contributed by atoms with Crippen LogP contribution in [0, 0.1) is 6.92 Å². The molecule has 0 spiro atoms. The Morgan fingerprint density at radius 2 is 2.24 bits per heavy atom. The number of nitrogens with zero attached hydrogens (tertiary/aromatic N) is 2. The number of hydrogen-bond acceptors (Lipinski definition) is 3. The number of nitrogens with one attached hydrogen (secondary N) is 2. The average molecular weight is 284 g/mol. The smallest absolute Gasteiger partial charge is 0.225 e. The van der Waals surface area contributed by atoms with Gasteiger partial charge in [0.2, 0.25) is 5.91 Å². The van der Waals surface area contributed by atoms with Crippen LogP contribution < -0.4 is 10.6 Å². The van der Waals surface area contributed by atoms with Gasteiger partial charge in [-0.05, 0) is 24.1 Å². The van der Waals surface area contributed by atoms with Gasteiger partial charge in [0.15, 0.2) is 0 Å². The van der Waals surface area contributed by atoms with Gasteiger partial charge in [-0.2, -0.15) is 5.10 Å². The van der Waals surface area contributed by atoms with Gasteiger partial charge < -0.3 is 10.6 Å². The number of fused-ring (bicyclic) bond motifs is 1. The predicted octanol–water partition coefficient (Wildman–Crippen LogP) is 1.94. The van der Waals surface area contributed by atoms with Crippen molar-refractivity contribution in [3.8, 4) is 0 Å². The Morgan fingerprint density at radius 3 is 3.00 bits per heavy atom. The van der Waals surface area contributed by atoms with Crippen molar-refractivity contribution in [2.45, 2.75) is 25.8 Å². The van der Waals surface area contributed by atoms with Gasteiger partial charge in [-0.3, -0.25) is 9.48 Å². The van der Waals surface area contributed by atoms with Crippen molar-refractivity contribution in [2.24, 2.45) is 7.05 Å². The molecular weight excluding hydrogens is 264 g/mol. The first-order chi connectivity index (χ1) is 10.1. The standard InChI is InChI=1S/C16H20N4O/c1-11-8-18-20(2)15(11)10-17-9-12-7-16(21)19-14-6-4-3-5-13(12)14/h3-6,8,12,17H,7,9-10H2,1-2H3,(H,19,21). The molecule has 5 heteroatoms. The van der Waals surface area contributed by atoms with Crippen LogP contribution in [0.5, 0.6) is 0 Å². The molecule has 0 saturated heterocycles. The molecule has 1 aromatic carbocycles. The Morgan fingerprint density at radius 1 is 1.43 bits per heavy atom. The largest absolute Gasteiger partial charge is 0.326 e. The topological polar surface area (TPSA) is 59.0 Å². The Bertz CT molecular complexity index is 643. The quantitative estimate of drug-likeness (QED) is 0.902. The molecule has 2 aromatic rings. The zero-order valence-corrected chi connectivity index (χ0v) is 12.4. The number of aryl methyl sites for hydroxylation is 2. The third kappa shape index (κ3) is 2.83. The maximum atomic E-state index is 11.8. The van der Waals surface area contributed by atoms with E-state index < -0.39 is 0 Å². The number of amides is 1. The van der Waals surface area contributed by atoms with Gasteiger partial charge >= 0.3 is 0 Å². The molecule has 1 amide bonds. The fraction of sp³-hybridized carbons (Fsp3) is 0.375. The maximum absolute atomic E-state index is 11.8. The molecule has 21 heavy (non-hydrogen) atoms. The summed E-state index contributed by atoms with van der Waals surface area (Å²) in [7, 11) is 1.95. The van der Waals surface area contributed by atoms with Crippen LogP contribution in [0.1, 0.15) is 29.2 Å². The predicted molar refractivity (Wildman–Crippen MR) is 82.1 cm³/mol. The van der Waals surface area contributed by atoms with Crippen LogP contribution in [0.2, 0.25) is 0 Å². The molecule has 5 nitrogen and oxygen atoms in total. The number of rotatable bonds is 4. The highest BCUT2D eigenvalue weighted by atomic mass is 16.1. The van der Waals surface area contributed by atoms with E-state index >= 15 is 0 Å². The molecular formula is C16H20N4O. The Hall–Kier alpha value is -2.14. The number of carbonyl (C=O) groups is 1. The van der Waals surface area contributed by atoms with Gasteiger partial charge in [-0.1, -0.05) is 18.2 Å². The molecule has 1 unspecified atom stereocenters. The first kappa shape index (κ1) is 13.8. The highest BCUT2D eigenvalue weighted by Crippen LogP contribution is 2.31. The normalized spacial score (nSPS) is 17.4. The summed E-state index contributed by atoms with van der Waals surface area (Å²) >= 11 is 0. The summed E-state index contributed by atoms with van der Waals surface area (Å²) in [5.41, 5.74) is 4.53. The Balaban J connectivity index is 1.67. The molecule has 3 rings (SSSR count). The molecule has 1 aliphatic rings. The van der Waals surface area contributed by atoms with Crippen LogP contribution in [-0.2, 0) is 18.4 Å². The summed E-state index contributed by atoms with van der Waals surface area (Å²) in [6.07, 6.45) is 2.41. The van der Waals surface area contributed by atoms with Crippen LogP contribution in [0.25, 0.3) is 0 Å². The highest BCUT2D eigenvalue weighted by Gasteiger charge is 2.24. The summed E-state index contributed by atoms with van der Waals surface area (Å²) in [6, 6.07) is 8.03. The van der Waals surface area contributed by atoms with Crippen LogP contribution in [-0.4, -0.2) is 22.2 Å². The third-order valence-electron chi connectivity index (χ3n) is 4.06. The van der Waals surface area contributed by atoms with Crippen molar-refractivity contribution >= 4 is 11.6 Å². The van der Waals surface area contributed by atoms with Crippen LogP contribution in [0.4, 0.5) is 5.69 Å². The van der Waals surface area contributed by atoms with E-state index in [-0.39, 0.29) is 11.8 Å². The van der Waals surface area contributed by atoms with Crippen molar-refractivity contribution in [1.29, 1.82) is 0 Å². The SMILES string of the molecule is Cc1cnn(C)c1CNCC1CC(=O)Nc2ccccc21. The number of hydrogen-bond donors (Lipinski definition) is 2. The van der Waals surface area contributed by atoms with Gasteiger partial charge in [0.25, 0.3) is 0 Å². The van der Waals surface area contributed by atoms with Gasteiger partial charge in [0.1, 0.15) is 0 Å². The summed E-state index contributed by atoms with van der Waals surface area (Å²) in [6.45, 7) is 3.62. The first-order valence-corrected chi connectivity index (χ1v) is 7.22. The highest BCUT2D eigenvalue weighted by molar-refractivity contribution is 5.94. The molecule has 2 heterocycles. The summed E-state index contributed by atoms with van der Waals surface area (Å²) in [4.78, 5) is 11.8. The van der Waals surface area contributed by atoms with Crippen molar-refractivity contribution in [3.63, 3.8) is 0 Å². The van der Waals surface area contributed by atoms with Crippen LogP contribution in [0.3, 0.4) is 0 Å². The van der Waals surface area contributed by atoms with E-state index in [1.54, 1.807) is 0 Å². The fourth-order valence-electron chi connectivity index (χ4n) is 2.88. The van der Waals surface area contributed by atoms with Crippen LogP contribution in [0.15, 0.2) is 30.5 Å². The lowest BCUT2D eigenvalue weighted by atomic mass is 9.90. The number of carbonyl (C=O) groups excluding carboxylic acids is 1. The summed E-state index contributed by atoms with van der Waals surface area (Å²) in [5, 5.41) is 10.6. The monoisotopic (exact) mass is 284 g/mol. The number of aromatic nitrogens is 2. The molecule has 0 saturated carbocycles. The van der Waals surface area contributed by atoms with E-state index in [2.05, 4.69) is 28.7 Å². The van der Waals surface area contributed by atoms with E-state index in [0.717, 1.165) is 18.8 Å². The molecule has 1 aliphatic heterocycles. The van der Waals surface area contributed by atoms with Gasteiger partial charge in [0, 0.05) is 38.2 Å². The van der Waals surface area contributed by atoms with Crippen molar-refractivity contribution in [3.05, 3.63) is 47.3 Å². The summed E-state index contributed by atoms with van der Waals surface area (Å²) in [5.74, 6) is 0.320. The molecule has 2 N–H and O–H groups in total. The van der Waals surface area contributed by atoms with E-state index in [9.17, 15) is 4.79 Å². The molecule has 1 atom stereocenters. The summed E-state index contributed by atoms with van der Waals surface area (Å²) < 4.78 is 1.89. The molecule has 0 fully saturated rings. The zero-order valence-electron chi connectivity index (χ0n) is 12.4. The lowest BCUT2D eigenvalue weighted by molar-refractivity contribution is -0.116. The molecule has 0 radical (unpaired) electrons. The van der Waals surface area contributed by atoms with Gasteiger partial charge in [-0.15, -0.1) is 0 Å². The third-order valence-corrected chi connectivity index (χ3v) is 4.06. The van der Waals surface area contributed by atoms with Crippen molar-refractivity contribution in [2.75, 3.05) is 11.9 Å². The minimum Gasteiger partial charge on any atom is -0.326 e. The second-order valence-corrected chi connectivity index (χ2v) is 5.57. The van der Waals surface area contributed by atoms with E-state index in [1.165, 1.54) is 16.8 Å². The lowest BCUT2D eigenvalue weighted by Crippen LogP contribution is -2.30. The zero-order chi connectivity index (χ0) is 14.8.